The van der Waals surface area contributed by atoms with E-state index in [9.17, 15) is 13.2 Å². The Bertz CT molecular complexity index is 2890. The predicted octanol–water partition coefficient (Wildman–Crippen LogP) is 18.5. The summed E-state index contributed by atoms with van der Waals surface area (Å²) >= 11 is 3.84. The van der Waals surface area contributed by atoms with E-state index in [1.54, 1.807) is 0 Å². The number of rotatable bonds is 22. The van der Waals surface area contributed by atoms with Crippen LogP contribution in [0.5, 0.6) is 0 Å². The zero-order valence-corrected chi connectivity index (χ0v) is 44.3. The molecule has 74 heavy (non-hydrogen) atoms. The molecule has 0 atom stereocenters. The van der Waals surface area contributed by atoms with Crippen molar-refractivity contribution in [1.29, 1.82) is 0 Å². The fourth-order valence-electron chi connectivity index (χ4n) is 8.23. The second-order valence-electron chi connectivity index (χ2n) is 17.8. The maximum atomic E-state index is 10.7. The normalized spacial score (nSPS) is 11.5. The average molecular weight is 1050 g/mol. The van der Waals surface area contributed by atoms with Crippen molar-refractivity contribution in [2.75, 3.05) is 21.3 Å². The molecule has 0 aromatic heterocycles. The molecule has 0 saturated heterocycles. The van der Waals surface area contributed by atoms with E-state index in [4.69, 9.17) is 13.0 Å². The van der Waals surface area contributed by atoms with Gasteiger partial charge in [-0.05, 0) is 157 Å². The van der Waals surface area contributed by atoms with E-state index in [2.05, 4.69) is 242 Å². The summed E-state index contributed by atoms with van der Waals surface area (Å²) in [6.45, 7) is 4.52. The smallest absolute Gasteiger partial charge is 0.310 e. The molecule has 0 unspecified atom stereocenters. The topological polar surface area (TPSA) is 60.9 Å². The lowest BCUT2D eigenvalue weighted by molar-refractivity contribution is -0.0510. The van der Waals surface area contributed by atoms with Gasteiger partial charge in [-0.25, -0.2) is 0 Å². The molecule has 382 valence electrons. The van der Waals surface area contributed by atoms with Gasteiger partial charge in [-0.1, -0.05) is 160 Å². The number of aryl methyl sites for hydroxylation is 4. The summed E-state index contributed by atoms with van der Waals surface area (Å²) in [5.41, 5.74) is 9.27. The van der Waals surface area contributed by atoms with Gasteiger partial charge in [0.15, 0.2) is 0 Å². The van der Waals surface area contributed by atoms with Gasteiger partial charge in [-0.15, -0.1) is 23.5 Å². The molecule has 11 heteroatoms. The van der Waals surface area contributed by atoms with Gasteiger partial charge in [0.25, 0.3) is 0 Å². The lowest BCUT2D eigenvalue weighted by Gasteiger charge is -2.26. The molecule has 0 heterocycles. The fourth-order valence-corrected chi connectivity index (χ4v) is 10.1. The number of hydrogen-bond donors (Lipinski definition) is 1. The second-order valence-corrected chi connectivity index (χ2v) is 21.6. The lowest BCUT2D eigenvalue weighted by Crippen LogP contribution is -2.21. The number of unbranched alkanes of at least 4 members (excludes halogenated alkanes) is 2. The third-order valence-corrected chi connectivity index (χ3v) is 14.8. The van der Waals surface area contributed by atoms with Crippen molar-refractivity contribution >= 4 is 79.9 Å². The van der Waals surface area contributed by atoms with Gasteiger partial charge in [0.2, 0.25) is 0 Å². The molecule has 5 nitrogen and oxygen atoms in total. The lowest BCUT2D eigenvalue weighted by atomic mass is 10.1. The monoisotopic (exact) mass is 1050 g/mol. The Kier molecular flexibility index (Phi) is 20.7. The van der Waals surface area contributed by atoms with Crippen LogP contribution in [0.4, 0.5) is 47.3 Å². The van der Waals surface area contributed by atoms with Crippen LogP contribution < -0.4 is 9.80 Å². The van der Waals surface area contributed by atoms with Crippen LogP contribution in [0.25, 0.3) is 12.2 Å². The number of benzene rings is 8. The predicted molar refractivity (Wildman–Crippen MR) is 308 cm³/mol. The van der Waals surface area contributed by atoms with Crippen molar-refractivity contribution in [3.63, 3.8) is 0 Å². The van der Waals surface area contributed by atoms with Gasteiger partial charge in [-0.2, -0.15) is 21.6 Å². The summed E-state index contributed by atoms with van der Waals surface area (Å²) in [7, 11) is -5.84. The minimum Gasteiger partial charge on any atom is -0.310 e. The summed E-state index contributed by atoms with van der Waals surface area (Å²) in [6.07, 6.45) is 13.6. The van der Waals surface area contributed by atoms with E-state index >= 15 is 0 Å². The van der Waals surface area contributed by atoms with Crippen molar-refractivity contribution in [2.24, 2.45) is 0 Å². The van der Waals surface area contributed by atoms with Crippen LogP contribution in [0.3, 0.4) is 0 Å². The molecular weight excluding hydrogens is 986 g/mol. The Hall–Kier alpha value is -6.50. The van der Waals surface area contributed by atoms with E-state index in [0.29, 0.717) is 0 Å². The molecule has 0 bridgehead atoms. The highest BCUT2D eigenvalue weighted by molar-refractivity contribution is 7.99. The highest BCUT2D eigenvalue weighted by Crippen LogP contribution is 2.39. The molecule has 0 saturated carbocycles. The van der Waals surface area contributed by atoms with Crippen LogP contribution in [-0.4, -0.2) is 30.0 Å². The summed E-state index contributed by atoms with van der Waals surface area (Å²) < 4.78 is 57.5. The molecule has 0 amide bonds. The van der Waals surface area contributed by atoms with Gasteiger partial charge in [-0.3, -0.25) is 4.55 Å². The zero-order chi connectivity index (χ0) is 52.2. The molecule has 0 spiro atoms. The molecule has 8 aromatic rings. The zero-order valence-electron chi connectivity index (χ0n) is 41.9. The largest absolute Gasteiger partial charge is 0.522 e. The minimum atomic E-state index is -5.84. The quantitative estimate of drug-likeness (QED) is 0.0314. The van der Waals surface area contributed by atoms with E-state index in [1.807, 2.05) is 23.5 Å². The van der Waals surface area contributed by atoms with Gasteiger partial charge in [0.1, 0.15) is 0 Å². The second kappa shape index (κ2) is 27.7. The van der Waals surface area contributed by atoms with Gasteiger partial charge >= 0.3 is 15.6 Å². The highest BCUT2D eigenvalue weighted by Gasteiger charge is 2.44. The maximum Gasteiger partial charge on any atom is 0.522 e. The van der Waals surface area contributed by atoms with Crippen molar-refractivity contribution in [3.05, 3.63) is 240 Å². The molecule has 0 fully saturated rings. The van der Waals surface area contributed by atoms with Gasteiger partial charge in [0, 0.05) is 55.4 Å². The van der Waals surface area contributed by atoms with Crippen molar-refractivity contribution in [1.82, 2.24) is 0 Å². The third kappa shape index (κ3) is 16.8. The first-order chi connectivity index (χ1) is 35.9. The highest BCUT2D eigenvalue weighted by atomic mass is 32.2. The van der Waals surface area contributed by atoms with Crippen molar-refractivity contribution in [3.8, 4) is 0 Å². The standard InChI is InChI=1S/C62H62N2S2.CHF3O3S/c1-3-5-15-51-27-35-55(36-28-51)63(59-21-13-23-61(47-59)65-45-43-49-17-9-7-10-18-49)57-39-31-53(32-40-57)25-26-54-33-41-58(42-34-54)64(56-37-29-52(30-38-56)16-6-4-2)60-22-14-24-62(48-60)66-46-44-50-19-11-8-12-20-50;2-1(3,4)8(5,6)7/h7-14,17-42,47-48H,3-6,15-16,43-46H2,1-2H3;(H,5,6,7). The Labute approximate surface area is 445 Å². The maximum absolute atomic E-state index is 10.7. The summed E-state index contributed by atoms with van der Waals surface area (Å²) in [5, 5.41) is 0. The van der Waals surface area contributed by atoms with Crippen LogP contribution in [0.1, 0.15) is 72.9 Å². The molecule has 0 aliphatic carbocycles. The number of nitrogens with zero attached hydrogens (tertiary/aromatic N) is 2. The molecule has 8 aromatic carbocycles. The van der Waals surface area contributed by atoms with E-state index in [-0.39, 0.29) is 0 Å². The number of hydrogen-bond acceptors (Lipinski definition) is 6. The van der Waals surface area contributed by atoms with E-state index in [0.717, 1.165) is 59.7 Å². The molecule has 0 aliphatic heterocycles. The summed E-state index contributed by atoms with van der Waals surface area (Å²) in [4.78, 5) is 7.34. The molecular formula is C63H63F3N2O3S3. The summed E-state index contributed by atoms with van der Waals surface area (Å²) in [5.74, 6) is 2.08. The SMILES string of the molecule is CCCCc1ccc(N(c2ccc(C=Cc3ccc(N(c4ccc(CCCC)cc4)c4cccc(SCCc5ccccc5)c4)cc3)cc2)c2cccc(SCCc3ccccc3)c2)cc1.O=S(=O)(O)C(F)(F)F. The molecule has 8 rings (SSSR count). The number of thioether (sulfide) groups is 2. The summed E-state index contributed by atoms with van der Waals surface area (Å²) in [6, 6.07) is 75.8. The Balaban J connectivity index is 0.000000923. The van der Waals surface area contributed by atoms with E-state index < -0.39 is 15.6 Å². The van der Waals surface area contributed by atoms with Crippen molar-refractivity contribution < 1.29 is 26.1 Å². The molecule has 0 aliphatic rings. The first-order valence-corrected chi connectivity index (χ1v) is 28.5. The third-order valence-electron chi connectivity index (χ3n) is 12.2. The van der Waals surface area contributed by atoms with Gasteiger partial charge < -0.3 is 9.80 Å². The van der Waals surface area contributed by atoms with Crippen LogP contribution in [0.2, 0.25) is 0 Å². The molecule has 1 N–H and O–H groups in total. The fraction of sp³-hybridized carbons (Fsp3) is 0.206. The van der Waals surface area contributed by atoms with Gasteiger partial charge in [0.05, 0.1) is 0 Å². The Morgan fingerprint density at radius 1 is 0.432 bits per heavy atom. The minimum absolute atomic E-state index is 1.04. The van der Waals surface area contributed by atoms with Crippen LogP contribution >= 0.6 is 23.5 Å². The Morgan fingerprint density at radius 3 is 1.08 bits per heavy atom. The average Bonchev–Trinajstić information content (AvgIpc) is 3.41. The van der Waals surface area contributed by atoms with Crippen LogP contribution in [0, 0.1) is 0 Å². The number of halogens is 3. The number of anilines is 6. The van der Waals surface area contributed by atoms with E-state index in [1.165, 1.54) is 80.5 Å². The number of alkyl halides is 3. The Morgan fingerprint density at radius 2 is 0.757 bits per heavy atom. The van der Waals surface area contributed by atoms with Crippen LogP contribution in [0.15, 0.2) is 216 Å². The first-order valence-electron chi connectivity index (χ1n) is 25.1. The molecule has 0 radical (unpaired) electrons. The van der Waals surface area contributed by atoms with Crippen molar-refractivity contribution in [2.45, 2.75) is 80.5 Å². The first kappa shape index (κ1) is 55.3. The van der Waals surface area contributed by atoms with Crippen LogP contribution in [-0.2, 0) is 35.8 Å².